The highest BCUT2D eigenvalue weighted by Crippen LogP contribution is 2.39. The first kappa shape index (κ1) is 12.4. The van der Waals surface area contributed by atoms with Crippen LogP contribution in [0.2, 0.25) is 0 Å². The molecule has 0 heterocycles. The van der Waals surface area contributed by atoms with E-state index in [4.69, 9.17) is 4.18 Å². The van der Waals surface area contributed by atoms with E-state index in [9.17, 15) is 8.42 Å². The summed E-state index contributed by atoms with van der Waals surface area (Å²) in [5, 5.41) is 0. The zero-order chi connectivity index (χ0) is 11.6. The van der Waals surface area contributed by atoms with Crippen molar-refractivity contribution < 1.29 is 12.6 Å². The van der Waals surface area contributed by atoms with E-state index in [1.165, 1.54) is 25.7 Å². The third kappa shape index (κ3) is 3.45. The van der Waals surface area contributed by atoms with E-state index in [1.54, 1.807) is 0 Å². The highest BCUT2D eigenvalue weighted by molar-refractivity contribution is 7.86. The largest absolute Gasteiger partial charge is 0.267 e. The van der Waals surface area contributed by atoms with Gasteiger partial charge >= 0.3 is 0 Å². The molecule has 0 saturated heterocycles. The quantitative estimate of drug-likeness (QED) is 0.719. The van der Waals surface area contributed by atoms with Gasteiger partial charge in [-0.1, -0.05) is 25.7 Å². The predicted octanol–water partition coefficient (Wildman–Crippen LogP) is 2.71. The molecule has 0 aromatic rings. The molecular formula is C12H22O3S. The first-order valence-electron chi connectivity index (χ1n) is 6.43. The van der Waals surface area contributed by atoms with Gasteiger partial charge in [0.05, 0.1) is 12.4 Å². The topological polar surface area (TPSA) is 43.4 Å². The van der Waals surface area contributed by atoms with E-state index in [0.717, 1.165) is 43.8 Å². The molecule has 2 aliphatic carbocycles. The third-order valence-corrected chi connectivity index (χ3v) is 4.72. The lowest BCUT2D eigenvalue weighted by Gasteiger charge is -2.31. The van der Waals surface area contributed by atoms with Gasteiger partial charge in [0.25, 0.3) is 10.1 Å². The van der Waals surface area contributed by atoms with Crippen LogP contribution in [0.15, 0.2) is 0 Å². The first-order valence-corrected chi connectivity index (χ1v) is 8.24. The van der Waals surface area contributed by atoms with Crippen LogP contribution in [0.4, 0.5) is 0 Å². The predicted molar refractivity (Wildman–Crippen MR) is 63.6 cm³/mol. The Morgan fingerprint density at radius 3 is 1.88 bits per heavy atom. The minimum absolute atomic E-state index is 0.0485. The highest BCUT2D eigenvalue weighted by Gasteiger charge is 2.30. The molecule has 3 nitrogen and oxygen atoms in total. The molecule has 2 rings (SSSR count). The van der Waals surface area contributed by atoms with Gasteiger partial charge < -0.3 is 0 Å². The summed E-state index contributed by atoms with van der Waals surface area (Å²) in [6, 6.07) is 0. The molecule has 2 saturated carbocycles. The Hall–Kier alpha value is -0.0900. The molecule has 0 aromatic heterocycles. The summed E-state index contributed by atoms with van der Waals surface area (Å²) in [5.74, 6) is 1.75. The van der Waals surface area contributed by atoms with Crippen molar-refractivity contribution in [3.05, 3.63) is 0 Å². The average Bonchev–Trinajstić information content (AvgIpc) is 2.69. The van der Waals surface area contributed by atoms with E-state index in [2.05, 4.69) is 0 Å². The fraction of sp³-hybridized carbons (Fsp3) is 1.00. The van der Waals surface area contributed by atoms with Crippen molar-refractivity contribution in [1.82, 2.24) is 0 Å². The third-order valence-electron chi connectivity index (χ3n) is 4.10. The smallest absolute Gasteiger partial charge is 0.264 e. The Kier molecular flexibility index (Phi) is 3.90. The van der Waals surface area contributed by atoms with Crippen LogP contribution in [0.3, 0.4) is 0 Å². The molecule has 0 radical (unpaired) electrons. The lowest BCUT2D eigenvalue weighted by Crippen LogP contribution is -2.26. The van der Waals surface area contributed by atoms with E-state index in [-0.39, 0.29) is 6.10 Å². The highest BCUT2D eigenvalue weighted by atomic mass is 32.2. The zero-order valence-corrected chi connectivity index (χ0v) is 10.8. The van der Waals surface area contributed by atoms with Crippen LogP contribution in [-0.2, 0) is 14.3 Å². The molecule has 0 atom stereocenters. The lowest BCUT2D eigenvalue weighted by atomic mass is 9.78. The maximum atomic E-state index is 11.0. The monoisotopic (exact) mass is 246 g/mol. The molecule has 0 amide bonds. The Bertz CT molecular complexity index is 309. The van der Waals surface area contributed by atoms with Crippen molar-refractivity contribution in [3.63, 3.8) is 0 Å². The average molecular weight is 246 g/mol. The maximum Gasteiger partial charge on any atom is 0.264 e. The molecule has 0 N–H and O–H groups in total. The Labute approximate surface area is 98.7 Å². The summed E-state index contributed by atoms with van der Waals surface area (Å²) in [6.07, 6.45) is 10.8. The van der Waals surface area contributed by atoms with Gasteiger partial charge in [-0.25, -0.2) is 0 Å². The van der Waals surface area contributed by atoms with Gasteiger partial charge in [-0.05, 0) is 37.5 Å². The maximum absolute atomic E-state index is 11.0. The normalized spacial score (nSPS) is 33.1. The van der Waals surface area contributed by atoms with Crippen molar-refractivity contribution in [2.75, 3.05) is 6.26 Å². The second-order valence-electron chi connectivity index (χ2n) is 5.38. The van der Waals surface area contributed by atoms with Crippen LogP contribution in [-0.4, -0.2) is 20.8 Å². The standard InChI is InChI=1S/C12H22O3S/c1-16(13,14)15-12-8-6-11(7-9-12)10-4-2-3-5-10/h10-12H,2-9H2,1H3/t11-,12+. The van der Waals surface area contributed by atoms with E-state index in [1.807, 2.05) is 0 Å². The van der Waals surface area contributed by atoms with Crippen molar-refractivity contribution >= 4 is 10.1 Å². The summed E-state index contributed by atoms with van der Waals surface area (Å²) >= 11 is 0. The molecule has 0 bridgehead atoms. The molecule has 0 aromatic carbocycles. The van der Waals surface area contributed by atoms with Crippen LogP contribution >= 0.6 is 0 Å². The fourth-order valence-electron chi connectivity index (χ4n) is 3.33. The fourth-order valence-corrected chi connectivity index (χ4v) is 4.02. The van der Waals surface area contributed by atoms with Crippen molar-refractivity contribution in [1.29, 1.82) is 0 Å². The van der Waals surface area contributed by atoms with Gasteiger partial charge in [0.1, 0.15) is 0 Å². The molecular weight excluding hydrogens is 224 g/mol. The summed E-state index contributed by atoms with van der Waals surface area (Å²) in [4.78, 5) is 0. The van der Waals surface area contributed by atoms with Crippen LogP contribution in [0, 0.1) is 11.8 Å². The molecule has 2 aliphatic rings. The van der Waals surface area contributed by atoms with Crippen LogP contribution in [0.5, 0.6) is 0 Å². The van der Waals surface area contributed by atoms with Gasteiger partial charge in [0, 0.05) is 0 Å². The second-order valence-corrected chi connectivity index (χ2v) is 6.98. The molecule has 2 fully saturated rings. The van der Waals surface area contributed by atoms with Gasteiger partial charge in [-0.3, -0.25) is 4.18 Å². The van der Waals surface area contributed by atoms with Crippen LogP contribution in [0.1, 0.15) is 51.4 Å². The van der Waals surface area contributed by atoms with Gasteiger partial charge in [-0.15, -0.1) is 0 Å². The van der Waals surface area contributed by atoms with Crippen LogP contribution in [0.25, 0.3) is 0 Å². The Balaban J connectivity index is 1.78. The first-order chi connectivity index (χ1) is 7.54. The number of hydrogen-bond acceptors (Lipinski definition) is 3. The van der Waals surface area contributed by atoms with Crippen LogP contribution < -0.4 is 0 Å². The Morgan fingerprint density at radius 1 is 0.875 bits per heavy atom. The van der Waals surface area contributed by atoms with Gasteiger partial charge in [0.2, 0.25) is 0 Å². The van der Waals surface area contributed by atoms with E-state index < -0.39 is 10.1 Å². The summed E-state index contributed by atoms with van der Waals surface area (Å²) in [5.41, 5.74) is 0. The minimum atomic E-state index is -3.26. The molecule has 16 heavy (non-hydrogen) atoms. The Morgan fingerprint density at radius 2 is 1.38 bits per heavy atom. The van der Waals surface area contributed by atoms with E-state index >= 15 is 0 Å². The number of hydrogen-bond donors (Lipinski definition) is 0. The summed E-state index contributed by atoms with van der Waals surface area (Å²) < 4.78 is 27.1. The molecule has 94 valence electrons. The second kappa shape index (κ2) is 5.05. The van der Waals surface area contributed by atoms with Crippen molar-refractivity contribution in [3.8, 4) is 0 Å². The summed E-state index contributed by atoms with van der Waals surface area (Å²) in [7, 11) is -3.26. The lowest BCUT2D eigenvalue weighted by molar-refractivity contribution is 0.117. The zero-order valence-electron chi connectivity index (χ0n) is 10.0. The minimum Gasteiger partial charge on any atom is -0.267 e. The summed E-state index contributed by atoms with van der Waals surface area (Å²) in [6.45, 7) is 0. The van der Waals surface area contributed by atoms with Crippen molar-refractivity contribution in [2.45, 2.75) is 57.5 Å². The molecule has 4 heteroatoms. The SMILES string of the molecule is CS(=O)(=O)O[C@H]1CC[C@@H](C2CCCC2)CC1. The molecule has 0 spiro atoms. The van der Waals surface area contributed by atoms with Gasteiger partial charge in [0.15, 0.2) is 0 Å². The van der Waals surface area contributed by atoms with Crippen molar-refractivity contribution in [2.24, 2.45) is 11.8 Å². The molecule has 0 aliphatic heterocycles. The number of rotatable bonds is 3. The molecule has 0 unspecified atom stereocenters. The van der Waals surface area contributed by atoms with E-state index in [0.29, 0.717) is 0 Å². The van der Waals surface area contributed by atoms with Gasteiger partial charge in [-0.2, -0.15) is 8.42 Å².